The zero-order chi connectivity index (χ0) is 11.3. The van der Waals surface area contributed by atoms with Gasteiger partial charge in [-0.3, -0.25) is 0 Å². The van der Waals surface area contributed by atoms with Gasteiger partial charge in [-0.2, -0.15) is 4.57 Å². The molecule has 1 aromatic rings. The summed E-state index contributed by atoms with van der Waals surface area (Å²) in [6.45, 7) is 2.10. The van der Waals surface area contributed by atoms with Gasteiger partial charge in [-0.25, -0.2) is 4.79 Å². The topological polar surface area (TPSA) is 62.8 Å². The summed E-state index contributed by atoms with van der Waals surface area (Å²) >= 11 is 0. The number of esters is 1. The number of aryl methyl sites for hydroxylation is 1. The molecule has 0 fully saturated rings. The van der Waals surface area contributed by atoms with Crippen LogP contribution in [-0.4, -0.2) is 24.0 Å². The van der Waals surface area contributed by atoms with Crippen molar-refractivity contribution in [2.75, 3.05) is 6.61 Å². The first-order valence-electron chi connectivity index (χ1n) is 4.53. The monoisotopic (exact) mass is 336 g/mol. The van der Waals surface area contributed by atoms with Crippen molar-refractivity contribution in [2.24, 2.45) is 12.2 Å². The van der Waals surface area contributed by atoms with E-state index in [0.717, 1.165) is 0 Å². The lowest BCUT2D eigenvalue weighted by Crippen LogP contribution is -3.00. The molecule has 0 radical (unpaired) electrons. The lowest BCUT2D eigenvalue weighted by molar-refractivity contribution is -0.672. The Hall–Kier alpha value is -1.18. The van der Waals surface area contributed by atoms with Crippen LogP contribution in [0.5, 0.6) is 0 Å². The molecule has 0 aliphatic heterocycles. The smallest absolute Gasteiger partial charge is 0.344 e. The molecule has 0 spiro atoms. The summed E-state index contributed by atoms with van der Waals surface area (Å²) in [5.41, 5.74) is 1.15. The highest BCUT2D eigenvalue weighted by Gasteiger charge is 2.12. The van der Waals surface area contributed by atoms with E-state index in [1.54, 1.807) is 36.9 Å². The van der Waals surface area contributed by atoms with Crippen molar-refractivity contribution in [1.29, 1.82) is 0 Å². The van der Waals surface area contributed by atoms with Crippen LogP contribution in [0.2, 0.25) is 0 Å². The Morgan fingerprint density at radius 2 is 2.31 bits per heavy atom. The summed E-state index contributed by atoms with van der Waals surface area (Å²) in [5.74, 6) is -0.361. The standard InChI is InChI=1S/C10H12N2O3.HI/c1-3-15-10(13)8-4-5-9(6-11-14)12(2)7-8;/h4-7H,3H2,1-2H3;1H. The summed E-state index contributed by atoms with van der Waals surface area (Å²) in [6, 6.07) is 3.29. The molecule has 0 aliphatic carbocycles. The molecule has 0 unspecified atom stereocenters. The third kappa shape index (κ3) is 3.76. The van der Waals surface area contributed by atoms with Crippen LogP contribution in [0.1, 0.15) is 23.0 Å². The van der Waals surface area contributed by atoms with Gasteiger partial charge in [0.1, 0.15) is 18.8 Å². The number of nitrogens with zero attached hydrogens (tertiary/aromatic N) is 2. The Balaban J connectivity index is 0.00000225. The lowest BCUT2D eigenvalue weighted by atomic mass is 10.2. The molecule has 6 heteroatoms. The average molecular weight is 336 g/mol. The molecular weight excluding hydrogens is 323 g/mol. The Kier molecular flexibility index (Phi) is 6.63. The second-order valence-corrected chi connectivity index (χ2v) is 2.92. The zero-order valence-corrected chi connectivity index (χ0v) is 11.2. The highest BCUT2D eigenvalue weighted by Crippen LogP contribution is 1.99. The first kappa shape index (κ1) is 14.8. The van der Waals surface area contributed by atoms with Gasteiger partial charge in [-0.05, 0) is 13.0 Å². The quantitative estimate of drug-likeness (QED) is 0.166. The number of pyridine rings is 1. The average Bonchev–Trinajstić information content (AvgIpc) is 2.21. The van der Waals surface area contributed by atoms with E-state index < -0.39 is 0 Å². The number of halogens is 1. The van der Waals surface area contributed by atoms with Crippen LogP contribution in [0, 0.1) is 0 Å². The molecule has 0 amide bonds. The minimum Gasteiger partial charge on any atom is -1.00 e. The normalized spacial score (nSPS) is 9.88. The third-order valence-corrected chi connectivity index (χ3v) is 1.87. The number of rotatable bonds is 3. The summed E-state index contributed by atoms with van der Waals surface area (Å²) in [6.07, 6.45) is 2.91. The first-order chi connectivity index (χ1) is 7.19. The predicted molar refractivity (Wildman–Crippen MR) is 53.0 cm³/mol. The van der Waals surface area contributed by atoms with Crippen molar-refractivity contribution >= 4 is 12.2 Å². The van der Waals surface area contributed by atoms with Crippen LogP contribution in [0.25, 0.3) is 0 Å². The third-order valence-electron chi connectivity index (χ3n) is 1.87. The molecule has 1 N–H and O–H groups in total. The highest BCUT2D eigenvalue weighted by molar-refractivity contribution is 5.89. The van der Waals surface area contributed by atoms with Crippen molar-refractivity contribution < 1.29 is 43.3 Å². The minimum absolute atomic E-state index is 0. The van der Waals surface area contributed by atoms with Crippen molar-refractivity contribution in [3.63, 3.8) is 0 Å². The maximum atomic E-state index is 11.3. The van der Waals surface area contributed by atoms with Gasteiger partial charge in [-0.1, -0.05) is 5.16 Å². The molecule has 1 heterocycles. The van der Waals surface area contributed by atoms with E-state index in [4.69, 9.17) is 9.94 Å². The molecule has 0 saturated heterocycles. The van der Waals surface area contributed by atoms with Gasteiger partial charge >= 0.3 is 5.97 Å². The van der Waals surface area contributed by atoms with Crippen LogP contribution >= 0.6 is 0 Å². The fourth-order valence-electron chi connectivity index (χ4n) is 1.15. The molecule has 5 nitrogen and oxygen atoms in total. The predicted octanol–water partition coefficient (Wildman–Crippen LogP) is -2.50. The molecule has 0 aliphatic rings. The number of oxime groups is 1. The largest absolute Gasteiger partial charge is 1.00 e. The number of ether oxygens (including phenoxy) is 1. The Morgan fingerprint density at radius 1 is 1.62 bits per heavy atom. The second kappa shape index (κ2) is 7.15. The highest BCUT2D eigenvalue weighted by atomic mass is 127. The van der Waals surface area contributed by atoms with E-state index in [1.807, 2.05) is 0 Å². The van der Waals surface area contributed by atoms with Crippen molar-refractivity contribution in [1.82, 2.24) is 0 Å². The maximum absolute atomic E-state index is 11.3. The fraction of sp³-hybridized carbons (Fsp3) is 0.300. The first-order valence-corrected chi connectivity index (χ1v) is 4.53. The van der Waals surface area contributed by atoms with E-state index in [9.17, 15) is 4.79 Å². The van der Waals surface area contributed by atoms with Gasteiger partial charge in [0.25, 0.3) is 0 Å². The Bertz CT molecular complexity index is 394. The molecule has 0 bridgehead atoms. The molecule has 1 rings (SSSR count). The number of hydrogen-bond acceptors (Lipinski definition) is 4. The van der Waals surface area contributed by atoms with Crippen LogP contribution in [0.3, 0.4) is 0 Å². The van der Waals surface area contributed by atoms with Gasteiger partial charge in [-0.15, -0.1) is 0 Å². The number of hydrogen-bond donors (Lipinski definition) is 1. The molecule has 0 atom stereocenters. The molecule has 16 heavy (non-hydrogen) atoms. The maximum Gasteiger partial charge on any atom is 0.344 e. The van der Waals surface area contributed by atoms with E-state index in [-0.39, 0.29) is 29.9 Å². The van der Waals surface area contributed by atoms with Crippen molar-refractivity contribution in [2.45, 2.75) is 6.92 Å². The number of carbonyl (C=O) groups excluding carboxylic acids is 1. The van der Waals surface area contributed by atoms with E-state index in [2.05, 4.69) is 5.16 Å². The fourth-order valence-corrected chi connectivity index (χ4v) is 1.15. The van der Waals surface area contributed by atoms with E-state index in [0.29, 0.717) is 17.9 Å². The molecular formula is C10H13IN2O3. The summed E-state index contributed by atoms with van der Waals surface area (Å²) < 4.78 is 6.52. The van der Waals surface area contributed by atoms with Crippen molar-refractivity contribution in [3.05, 3.63) is 29.6 Å². The minimum atomic E-state index is -0.361. The summed E-state index contributed by atoms with van der Waals surface area (Å²) in [4.78, 5) is 11.3. The van der Waals surface area contributed by atoms with Gasteiger partial charge in [0.2, 0.25) is 5.69 Å². The molecule has 0 aromatic carbocycles. The molecule has 88 valence electrons. The van der Waals surface area contributed by atoms with Crippen LogP contribution in [0.15, 0.2) is 23.5 Å². The van der Waals surface area contributed by atoms with Crippen LogP contribution in [-0.2, 0) is 11.8 Å². The summed E-state index contributed by atoms with van der Waals surface area (Å²) in [5, 5.41) is 11.3. The van der Waals surface area contributed by atoms with E-state index >= 15 is 0 Å². The van der Waals surface area contributed by atoms with E-state index in [1.165, 1.54) is 6.21 Å². The number of carbonyl (C=O) groups is 1. The Labute approximate surface area is 111 Å². The Morgan fingerprint density at radius 3 is 2.81 bits per heavy atom. The summed E-state index contributed by atoms with van der Waals surface area (Å²) in [7, 11) is 1.75. The van der Waals surface area contributed by atoms with Gasteiger partial charge in [0.05, 0.1) is 6.61 Å². The van der Waals surface area contributed by atoms with Gasteiger partial charge in [0, 0.05) is 6.07 Å². The van der Waals surface area contributed by atoms with Gasteiger partial charge < -0.3 is 33.9 Å². The number of aromatic nitrogens is 1. The van der Waals surface area contributed by atoms with Crippen LogP contribution in [0.4, 0.5) is 0 Å². The zero-order valence-electron chi connectivity index (χ0n) is 9.05. The second-order valence-electron chi connectivity index (χ2n) is 2.92. The van der Waals surface area contributed by atoms with Gasteiger partial charge in [0.15, 0.2) is 6.20 Å². The van der Waals surface area contributed by atoms with Crippen LogP contribution < -0.4 is 28.5 Å². The lowest BCUT2D eigenvalue weighted by Gasteiger charge is -2.00. The molecule has 0 saturated carbocycles. The molecule has 1 aromatic heterocycles. The van der Waals surface area contributed by atoms with Crippen molar-refractivity contribution in [3.8, 4) is 0 Å². The SMILES string of the molecule is CCOC(=O)c1ccc(/C=N\O)[n+](C)c1.[I-].